The number of nitriles is 1. The number of aromatic nitrogens is 2. The molecule has 0 amide bonds. The maximum atomic E-state index is 11.9. The summed E-state index contributed by atoms with van der Waals surface area (Å²) in [5.41, 5.74) is 4.03. The zero-order valence-electron chi connectivity index (χ0n) is 14.4. The Kier molecular flexibility index (Phi) is 4.90. The summed E-state index contributed by atoms with van der Waals surface area (Å²) in [6.45, 7) is 1.91. The zero-order valence-corrected chi connectivity index (χ0v) is 15.9. The molecule has 2 aromatic carbocycles. The van der Waals surface area contributed by atoms with E-state index in [4.69, 9.17) is 27.9 Å². The summed E-state index contributed by atoms with van der Waals surface area (Å²) in [5.74, 6) is 0.205. The Morgan fingerprint density at radius 1 is 1.35 bits per heavy atom. The Balaban J connectivity index is 2.13. The molecule has 1 aromatic heterocycles. The van der Waals surface area contributed by atoms with Gasteiger partial charge in [0.05, 0.1) is 40.4 Å². The molecular formula is C19H15Cl2N3O2. The number of rotatable bonds is 3. The molecule has 0 unspecified atom stereocenters. The maximum absolute atomic E-state index is 11.9. The van der Waals surface area contributed by atoms with E-state index in [1.54, 1.807) is 18.2 Å². The third-order valence-corrected chi connectivity index (χ3v) is 5.11. The van der Waals surface area contributed by atoms with Gasteiger partial charge in [0.15, 0.2) is 0 Å². The van der Waals surface area contributed by atoms with Crippen LogP contribution >= 0.6 is 23.2 Å². The lowest BCUT2D eigenvalue weighted by molar-refractivity contribution is 0.0601. The largest absolute Gasteiger partial charge is 0.465 e. The van der Waals surface area contributed by atoms with Gasteiger partial charge in [-0.15, -0.1) is 0 Å². The van der Waals surface area contributed by atoms with Crippen molar-refractivity contribution in [3.8, 4) is 6.07 Å². The number of imidazole rings is 1. The van der Waals surface area contributed by atoms with Crippen molar-refractivity contribution in [2.45, 2.75) is 13.3 Å². The second-order valence-corrected chi connectivity index (χ2v) is 6.70. The number of halogens is 2. The minimum absolute atomic E-state index is 0.255. The van der Waals surface area contributed by atoms with Crippen molar-refractivity contribution in [1.29, 1.82) is 5.26 Å². The van der Waals surface area contributed by atoms with Gasteiger partial charge in [-0.1, -0.05) is 23.2 Å². The SMILES string of the molecule is COC(=O)c1ccc(Cl)c(Cc2nc3c(C)cc(C#N)cc3n2C)c1Cl. The zero-order chi connectivity index (χ0) is 19.0. The van der Waals surface area contributed by atoms with Crippen LogP contribution in [-0.4, -0.2) is 22.6 Å². The molecule has 26 heavy (non-hydrogen) atoms. The first-order chi connectivity index (χ1) is 12.4. The number of nitrogens with zero attached hydrogens (tertiary/aromatic N) is 3. The van der Waals surface area contributed by atoms with Crippen molar-refractivity contribution >= 4 is 40.2 Å². The summed E-state index contributed by atoms with van der Waals surface area (Å²) in [7, 11) is 3.17. The number of aryl methyl sites for hydroxylation is 2. The fourth-order valence-electron chi connectivity index (χ4n) is 2.91. The summed E-state index contributed by atoms with van der Waals surface area (Å²) in [5, 5.41) is 9.88. The van der Waals surface area contributed by atoms with Gasteiger partial charge in [-0.05, 0) is 42.3 Å². The van der Waals surface area contributed by atoms with Gasteiger partial charge in [-0.2, -0.15) is 5.26 Å². The monoisotopic (exact) mass is 387 g/mol. The van der Waals surface area contributed by atoms with Crippen molar-refractivity contribution in [1.82, 2.24) is 9.55 Å². The number of methoxy groups -OCH3 is 1. The molecule has 0 radical (unpaired) electrons. The molecule has 3 rings (SSSR count). The minimum atomic E-state index is -0.521. The van der Waals surface area contributed by atoms with Gasteiger partial charge < -0.3 is 9.30 Å². The van der Waals surface area contributed by atoms with Gasteiger partial charge in [0.1, 0.15) is 5.82 Å². The van der Waals surface area contributed by atoms with Gasteiger partial charge in [0, 0.05) is 18.5 Å². The first-order valence-corrected chi connectivity index (χ1v) is 8.54. The summed E-state index contributed by atoms with van der Waals surface area (Å²) in [6.07, 6.45) is 0.342. The van der Waals surface area contributed by atoms with Gasteiger partial charge in [-0.3, -0.25) is 0 Å². The molecule has 132 valence electrons. The lowest BCUT2D eigenvalue weighted by Gasteiger charge is -2.10. The Morgan fingerprint density at radius 3 is 2.73 bits per heavy atom. The molecule has 0 N–H and O–H groups in total. The summed E-state index contributed by atoms with van der Waals surface area (Å²) < 4.78 is 6.66. The summed E-state index contributed by atoms with van der Waals surface area (Å²) in [6, 6.07) is 8.92. The number of fused-ring (bicyclic) bond motifs is 1. The fourth-order valence-corrected chi connectivity index (χ4v) is 3.49. The molecule has 0 saturated heterocycles. The average molecular weight is 388 g/mol. The molecule has 0 bridgehead atoms. The predicted molar refractivity (Wildman–Crippen MR) is 101 cm³/mol. The van der Waals surface area contributed by atoms with E-state index in [0.29, 0.717) is 22.6 Å². The van der Waals surface area contributed by atoms with Crippen molar-refractivity contribution in [3.05, 3.63) is 62.4 Å². The van der Waals surface area contributed by atoms with Gasteiger partial charge in [0.2, 0.25) is 0 Å². The highest BCUT2D eigenvalue weighted by molar-refractivity contribution is 6.38. The van der Waals surface area contributed by atoms with Crippen molar-refractivity contribution < 1.29 is 9.53 Å². The minimum Gasteiger partial charge on any atom is -0.465 e. The smallest absolute Gasteiger partial charge is 0.339 e. The molecule has 0 spiro atoms. The predicted octanol–water partition coefficient (Wildman–Crippen LogP) is 4.44. The van der Waals surface area contributed by atoms with Crippen LogP contribution < -0.4 is 0 Å². The molecule has 5 nitrogen and oxygen atoms in total. The highest BCUT2D eigenvalue weighted by Crippen LogP contribution is 2.31. The molecule has 0 aliphatic rings. The van der Waals surface area contributed by atoms with E-state index < -0.39 is 5.97 Å². The number of carbonyl (C=O) groups is 1. The lowest BCUT2D eigenvalue weighted by atomic mass is 10.1. The molecule has 1 heterocycles. The Labute approximate surface area is 160 Å². The molecule has 0 saturated carbocycles. The molecule has 3 aromatic rings. The lowest BCUT2D eigenvalue weighted by Crippen LogP contribution is -2.06. The van der Waals surface area contributed by atoms with Gasteiger partial charge in [0.25, 0.3) is 0 Å². The maximum Gasteiger partial charge on any atom is 0.339 e. The van der Waals surface area contributed by atoms with E-state index in [2.05, 4.69) is 11.1 Å². The van der Waals surface area contributed by atoms with Gasteiger partial charge in [-0.25, -0.2) is 9.78 Å². The molecular weight excluding hydrogens is 373 g/mol. The highest BCUT2D eigenvalue weighted by atomic mass is 35.5. The molecule has 0 atom stereocenters. The van der Waals surface area contributed by atoms with Crippen LogP contribution in [0.4, 0.5) is 0 Å². The van der Waals surface area contributed by atoms with Crippen molar-refractivity contribution in [2.75, 3.05) is 7.11 Å². The first kappa shape index (κ1) is 18.2. The van der Waals surface area contributed by atoms with Crippen LogP contribution in [0.3, 0.4) is 0 Å². The molecule has 0 aliphatic heterocycles. The Morgan fingerprint density at radius 2 is 2.08 bits per heavy atom. The quantitative estimate of drug-likeness (QED) is 0.623. The van der Waals surface area contributed by atoms with E-state index in [1.165, 1.54) is 13.2 Å². The van der Waals surface area contributed by atoms with Crippen LogP contribution in [0, 0.1) is 18.3 Å². The number of ether oxygens (including phenoxy) is 1. The number of esters is 1. The third-order valence-electron chi connectivity index (χ3n) is 4.33. The van der Waals surface area contributed by atoms with Crippen molar-refractivity contribution in [2.24, 2.45) is 7.05 Å². The summed E-state index contributed by atoms with van der Waals surface area (Å²) in [4.78, 5) is 16.6. The first-order valence-electron chi connectivity index (χ1n) is 7.78. The van der Waals surface area contributed by atoms with Crippen LogP contribution in [0.15, 0.2) is 24.3 Å². The number of hydrogen-bond acceptors (Lipinski definition) is 4. The van der Waals surface area contributed by atoms with E-state index in [-0.39, 0.29) is 10.6 Å². The second kappa shape index (κ2) is 6.99. The van der Waals surface area contributed by atoms with Crippen molar-refractivity contribution in [3.63, 3.8) is 0 Å². The number of hydrogen-bond donors (Lipinski definition) is 0. The van der Waals surface area contributed by atoms with E-state index in [0.717, 1.165) is 22.4 Å². The number of benzene rings is 2. The Bertz CT molecular complexity index is 1080. The highest BCUT2D eigenvalue weighted by Gasteiger charge is 2.19. The second-order valence-electron chi connectivity index (χ2n) is 5.92. The van der Waals surface area contributed by atoms with Crippen LogP contribution in [0.2, 0.25) is 10.0 Å². The normalized spacial score (nSPS) is 10.8. The van der Waals surface area contributed by atoms with Crippen LogP contribution in [-0.2, 0) is 18.2 Å². The average Bonchev–Trinajstić information content (AvgIpc) is 2.94. The van der Waals surface area contributed by atoms with Gasteiger partial charge >= 0.3 is 5.97 Å². The van der Waals surface area contributed by atoms with Crippen LogP contribution in [0.5, 0.6) is 0 Å². The molecule has 0 fully saturated rings. The summed E-state index contributed by atoms with van der Waals surface area (Å²) >= 11 is 12.7. The van der Waals surface area contributed by atoms with E-state index >= 15 is 0 Å². The standard InChI is InChI=1S/C19H15Cl2N3O2/c1-10-6-11(9-22)7-15-18(10)23-16(24(15)2)8-13-14(20)5-4-12(17(13)21)19(25)26-3/h4-7H,8H2,1-3H3. The Hall–Kier alpha value is -2.55. The van der Waals surface area contributed by atoms with Crippen LogP contribution in [0.25, 0.3) is 11.0 Å². The number of carbonyl (C=O) groups excluding carboxylic acids is 1. The third kappa shape index (κ3) is 3.03. The van der Waals surface area contributed by atoms with Crippen LogP contribution in [0.1, 0.15) is 32.9 Å². The van der Waals surface area contributed by atoms with E-state index in [1.807, 2.05) is 18.5 Å². The topological polar surface area (TPSA) is 67.9 Å². The van der Waals surface area contributed by atoms with E-state index in [9.17, 15) is 10.1 Å². The molecule has 7 heteroatoms. The fraction of sp³-hybridized carbons (Fsp3) is 0.211. The molecule has 0 aliphatic carbocycles.